The zero-order valence-electron chi connectivity index (χ0n) is 10.5. The molecular formula is C11H18BrN3O2S. The Morgan fingerprint density at radius 1 is 1.33 bits per heavy atom. The van der Waals surface area contributed by atoms with Gasteiger partial charge in [-0.05, 0) is 26.7 Å². The van der Waals surface area contributed by atoms with Crippen molar-refractivity contribution in [1.29, 1.82) is 0 Å². The molecular weight excluding hydrogens is 318 g/mol. The second kappa shape index (κ2) is 5.30. The van der Waals surface area contributed by atoms with Gasteiger partial charge in [0, 0.05) is 10.9 Å². The third kappa shape index (κ3) is 2.78. The average Bonchev–Trinajstić information content (AvgIpc) is 2.62. The molecule has 1 aliphatic rings. The van der Waals surface area contributed by atoms with E-state index in [1.165, 1.54) is 0 Å². The number of alkyl halides is 1. The number of aromatic amines is 1. The molecule has 1 aromatic rings. The fourth-order valence-electron chi connectivity index (χ4n) is 2.41. The smallest absolute Gasteiger partial charge is 0.244 e. The van der Waals surface area contributed by atoms with Crippen LogP contribution < -0.4 is 4.72 Å². The van der Waals surface area contributed by atoms with Crippen molar-refractivity contribution in [3.63, 3.8) is 0 Å². The van der Waals surface area contributed by atoms with E-state index in [0.29, 0.717) is 11.4 Å². The summed E-state index contributed by atoms with van der Waals surface area (Å²) >= 11 is 3.56. The standard InChI is InChI=1S/C11H18BrN3O2S/c1-7-11(8(2)14-13-7)18(16,17)15-10-6-4-3-5-9(10)12/h9-10,15H,3-6H2,1-2H3,(H,13,14). The van der Waals surface area contributed by atoms with Gasteiger partial charge in [0.2, 0.25) is 10.0 Å². The zero-order valence-corrected chi connectivity index (χ0v) is 12.9. The van der Waals surface area contributed by atoms with Gasteiger partial charge in [0.25, 0.3) is 0 Å². The monoisotopic (exact) mass is 335 g/mol. The van der Waals surface area contributed by atoms with Gasteiger partial charge in [0.05, 0.1) is 11.4 Å². The summed E-state index contributed by atoms with van der Waals surface area (Å²) in [6.45, 7) is 3.42. The van der Waals surface area contributed by atoms with Crippen molar-refractivity contribution < 1.29 is 8.42 Å². The van der Waals surface area contributed by atoms with E-state index in [2.05, 4.69) is 30.8 Å². The van der Waals surface area contributed by atoms with E-state index in [1.54, 1.807) is 13.8 Å². The third-order valence-corrected chi connectivity index (χ3v) is 6.17. The number of nitrogens with zero attached hydrogens (tertiary/aromatic N) is 1. The fraction of sp³-hybridized carbons (Fsp3) is 0.727. The molecule has 0 bridgehead atoms. The van der Waals surface area contributed by atoms with E-state index in [0.717, 1.165) is 25.7 Å². The Balaban J connectivity index is 2.22. The Morgan fingerprint density at radius 3 is 2.56 bits per heavy atom. The van der Waals surface area contributed by atoms with Gasteiger partial charge in [-0.1, -0.05) is 28.8 Å². The Bertz CT molecular complexity index is 507. The summed E-state index contributed by atoms with van der Waals surface area (Å²) in [5.41, 5.74) is 1.10. The number of nitrogens with one attached hydrogen (secondary N) is 2. The maximum absolute atomic E-state index is 12.4. The molecule has 2 N–H and O–H groups in total. The van der Waals surface area contributed by atoms with Gasteiger partial charge in [-0.2, -0.15) is 5.10 Å². The molecule has 0 saturated heterocycles. The van der Waals surface area contributed by atoms with Crippen molar-refractivity contribution in [2.24, 2.45) is 0 Å². The van der Waals surface area contributed by atoms with Crippen LogP contribution in [0.2, 0.25) is 0 Å². The summed E-state index contributed by atoms with van der Waals surface area (Å²) in [7, 11) is -3.48. The number of halogens is 1. The highest BCUT2D eigenvalue weighted by Crippen LogP contribution is 2.26. The summed E-state index contributed by atoms with van der Waals surface area (Å²) in [6.07, 6.45) is 4.11. The normalized spacial score (nSPS) is 25.3. The van der Waals surface area contributed by atoms with E-state index in [-0.39, 0.29) is 15.8 Å². The minimum absolute atomic E-state index is 0.0301. The molecule has 5 nitrogen and oxygen atoms in total. The second-order valence-electron chi connectivity index (χ2n) is 4.79. The predicted molar refractivity (Wildman–Crippen MR) is 73.4 cm³/mol. The summed E-state index contributed by atoms with van der Waals surface area (Å²) in [6, 6.07) is -0.0301. The highest BCUT2D eigenvalue weighted by molar-refractivity contribution is 9.09. The van der Waals surface area contributed by atoms with Crippen LogP contribution in [0.1, 0.15) is 37.1 Å². The van der Waals surface area contributed by atoms with Crippen LogP contribution >= 0.6 is 15.9 Å². The fourth-order valence-corrected chi connectivity index (χ4v) is 4.99. The molecule has 1 fully saturated rings. The molecule has 2 unspecified atom stereocenters. The van der Waals surface area contributed by atoms with Gasteiger partial charge in [-0.15, -0.1) is 0 Å². The number of aromatic nitrogens is 2. The first kappa shape index (κ1) is 14.0. The summed E-state index contributed by atoms with van der Waals surface area (Å²) in [5.74, 6) is 0. The number of aryl methyl sites for hydroxylation is 2. The highest BCUT2D eigenvalue weighted by atomic mass is 79.9. The summed E-state index contributed by atoms with van der Waals surface area (Å²) in [5, 5.41) is 6.65. The molecule has 18 heavy (non-hydrogen) atoms. The highest BCUT2D eigenvalue weighted by Gasteiger charge is 2.30. The molecule has 1 heterocycles. The zero-order chi connectivity index (χ0) is 13.3. The Kier molecular flexibility index (Phi) is 4.13. The molecule has 0 amide bonds. The first-order valence-electron chi connectivity index (χ1n) is 6.10. The summed E-state index contributed by atoms with van der Waals surface area (Å²) < 4.78 is 27.5. The van der Waals surface area contributed by atoms with E-state index < -0.39 is 10.0 Å². The van der Waals surface area contributed by atoms with Crippen LogP contribution in [0.5, 0.6) is 0 Å². The maximum atomic E-state index is 12.4. The first-order chi connectivity index (χ1) is 8.42. The molecule has 1 aromatic heterocycles. The largest absolute Gasteiger partial charge is 0.281 e. The SMILES string of the molecule is Cc1n[nH]c(C)c1S(=O)(=O)NC1CCCCC1Br. The Morgan fingerprint density at radius 2 is 2.00 bits per heavy atom. The topological polar surface area (TPSA) is 74.8 Å². The van der Waals surface area contributed by atoms with Crippen molar-refractivity contribution in [3.05, 3.63) is 11.4 Å². The number of H-pyrrole nitrogens is 1. The van der Waals surface area contributed by atoms with Crippen LogP contribution in [-0.2, 0) is 10.0 Å². The van der Waals surface area contributed by atoms with Gasteiger partial charge in [-0.3, -0.25) is 5.10 Å². The van der Waals surface area contributed by atoms with Crippen LogP contribution in [0.25, 0.3) is 0 Å². The van der Waals surface area contributed by atoms with E-state index in [9.17, 15) is 8.42 Å². The third-order valence-electron chi connectivity index (χ3n) is 3.32. The molecule has 0 aromatic carbocycles. The van der Waals surface area contributed by atoms with E-state index in [1.807, 2.05) is 0 Å². The first-order valence-corrected chi connectivity index (χ1v) is 8.49. The van der Waals surface area contributed by atoms with Crippen molar-refractivity contribution >= 4 is 26.0 Å². The van der Waals surface area contributed by atoms with Crippen molar-refractivity contribution in [1.82, 2.24) is 14.9 Å². The second-order valence-corrected chi connectivity index (χ2v) is 7.62. The molecule has 1 aliphatic carbocycles. The summed E-state index contributed by atoms with van der Waals surface area (Å²) in [4.78, 5) is 0.501. The van der Waals surface area contributed by atoms with Crippen molar-refractivity contribution in [2.45, 2.75) is 55.3 Å². The lowest BCUT2D eigenvalue weighted by atomic mass is 9.96. The van der Waals surface area contributed by atoms with Gasteiger partial charge < -0.3 is 0 Å². The Labute approximate surface area is 116 Å². The number of sulfonamides is 1. The molecule has 1 saturated carbocycles. The molecule has 2 atom stereocenters. The number of hydrogen-bond acceptors (Lipinski definition) is 3. The molecule has 0 spiro atoms. The lowest BCUT2D eigenvalue weighted by molar-refractivity contribution is 0.427. The van der Waals surface area contributed by atoms with Crippen LogP contribution in [0, 0.1) is 13.8 Å². The van der Waals surface area contributed by atoms with Gasteiger partial charge >= 0.3 is 0 Å². The van der Waals surface area contributed by atoms with Crippen LogP contribution in [0.3, 0.4) is 0 Å². The van der Waals surface area contributed by atoms with E-state index >= 15 is 0 Å². The Hall–Kier alpha value is -0.400. The quantitative estimate of drug-likeness (QED) is 0.829. The number of hydrogen-bond donors (Lipinski definition) is 2. The molecule has 0 aliphatic heterocycles. The molecule has 0 radical (unpaired) electrons. The van der Waals surface area contributed by atoms with E-state index in [4.69, 9.17) is 0 Å². The van der Waals surface area contributed by atoms with Gasteiger partial charge in [0.1, 0.15) is 4.90 Å². The molecule has 2 rings (SSSR count). The molecule has 7 heteroatoms. The van der Waals surface area contributed by atoms with Gasteiger partial charge in [0.15, 0.2) is 0 Å². The van der Waals surface area contributed by atoms with Crippen LogP contribution in [0.15, 0.2) is 4.90 Å². The minimum Gasteiger partial charge on any atom is -0.281 e. The number of rotatable bonds is 3. The maximum Gasteiger partial charge on any atom is 0.244 e. The van der Waals surface area contributed by atoms with Crippen LogP contribution in [0.4, 0.5) is 0 Å². The lowest BCUT2D eigenvalue weighted by Crippen LogP contribution is -2.42. The average molecular weight is 336 g/mol. The van der Waals surface area contributed by atoms with Crippen molar-refractivity contribution in [2.75, 3.05) is 0 Å². The van der Waals surface area contributed by atoms with Gasteiger partial charge in [-0.25, -0.2) is 13.1 Å². The van der Waals surface area contributed by atoms with Crippen LogP contribution in [-0.4, -0.2) is 29.5 Å². The molecule has 102 valence electrons. The predicted octanol–water partition coefficient (Wildman–Crippen LogP) is 2.01. The van der Waals surface area contributed by atoms with Crippen molar-refractivity contribution in [3.8, 4) is 0 Å². The minimum atomic E-state index is -3.48. The lowest BCUT2D eigenvalue weighted by Gasteiger charge is -2.27.